The molecule has 1 aromatic heterocycles. The van der Waals surface area contributed by atoms with Crippen molar-refractivity contribution < 1.29 is 9.60 Å². The molecule has 2 fully saturated rings. The van der Waals surface area contributed by atoms with Crippen LogP contribution in [0.25, 0.3) is 10.9 Å². The van der Waals surface area contributed by atoms with E-state index in [4.69, 9.17) is 4.99 Å². The topological polar surface area (TPSA) is 86.0 Å². The van der Waals surface area contributed by atoms with Crippen LogP contribution in [0.3, 0.4) is 0 Å². The second-order valence-corrected chi connectivity index (χ2v) is 12.3. The second-order valence-electron chi connectivity index (χ2n) is 12.3. The maximum atomic E-state index is 13.2. The monoisotopic (exact) mass is 548 g/mol. The Hall–Kier alpha value is -3.30. The number of piperazine rings is 1. The third-order valence-electron chi connectivity index (χ3n) is 8.46. The van der Waals surface area contributed by atoms with E-state index in [9.17, 15) is 14.4 Å². The number of hydrogen-bond donors (Lipinski definition) is 2. The molecule has 2 aromatic carbocycles. The number of rotatable bonds is 5. The molecule has 0 spiro atoms. The first-order chi connectivity index (χ1) is 19.1. The van der Waals surface area contributed by atoms with Crippen LogP contribution in [0, 0.1) is 17.2 Å². The van der Waals surface area contributed by atoms with Gasteiger partial charge in [0.15, 0.2) is 5.96 Å². The Bertz CT molecular complexity index is 1420. The van der Waals surface area contributed by atoms with Crippen molar-refractivity contribution in [2.45, 2.75) is 72.0 Å². The van der Waals surface area contributed by atoms with Gasteiger partial charge in [0.2, 0.25) is 0 Å². The SMILES string of the molecule is C[C@H]1CC(C)(C)CCC1N=C(Nc1ccc2c(=O)n(CCc3ccc(F)cc3)cnc2c1)N1CCN(O)[C@@H](C)C1. The van der Waals surface area contributed by atoms with E-state index in [1.165, 1.54) is 17.2 Å². The molecule has 1 aliphatic carbocycles. The minimum absolute atomic E-state index is 0.00453. The Balaban J connectivity index is 1.37. The van der Waals surface area contributed by atoms with E-state index in [-0.39, 0.29) is 23.5 Å². The van der Waals surface area contributed by atoms with Gasteiger partial charge in [-0.05, 0) is 79.8 Å². The second kappa shape index (κ2) is 11.7. The molecule has 2 N–H and O–H groups in total. The Morgan fingerprint density at radius 3 is 2.67 bits per heavy atom. The molecular weight excluding hydrogens is 507 g/mol. The number of nitrogens with one attached hydrogen (secondary N) is 1. The summed E-state index contributed by atoms with van der Waals surface area (Å²) in [6.45, 7) is 11.3. The van der Waals surface area contributed by atoms with E-state index < -0.39 is 0 Å². The molecule has 40 heavy (non-hydrogen) atoms. The van der Waals surface area contributed by atoms with Crippen LogP contribution >= 0.6 is 0 Å². The zero-order valence-corrected chi connectivity index (χ0v) is 24.0. The predicted molar refractivity (Wildman–Crippen MR) is 157 cm³/mol. The van der Waals surface area contributed by atoms with Gasteiger partial charge in [-0.2, -0.15) is 5.06 Å². The van der Waals surface area contributed by atoms with Crippen molar-refractivity contribution in [3.63, 3.8) is 0 Å². The van der Waals surface area contributed by atoms with E-state index in [0.29, 0.717) is 54.8 Å². The number of anilines is 1. The lowest BCUT2D eigenvalue weighted by atomic mass is 9.71. The van der Waals surface area contributed by atoms with Gasteiger partial charge >= 0.3 is 0 Å². The molecule has 0 bridgehead atoms. The van der Waals surface area contributed by atoms with Gasteiger partial charge in [-0.1, -0.05) is 32.9 Å². The smallest absolute Gasteiger partial charge is 0.261 e. The summed E-state index contributed by atoms with van der Waals surface area (Å²) in [5.41, 5.74) is 2.65. The molecule has 9 heteroatoms. The Kier molecular flexibility index (Phi) is 8.24. The summed E-state index contributed by atoms with van der Waals surface area (Å²) >= 11 is 0. The average molecular weight is 549 g/mol. The predicted octanol–water partition coefficient (Wildman–Crippen LogP) is 5.16. The largest absolute Gasteiger partial charge is 0.340 e. The molecule has 8 nitrogen and oxygen atoms in total. The van der Waals surface area contributed by atoms with Crippen molar-refractivity contribution in [2.24, 2.45) is 16.3 Å². The first-order valence-corrected chi connectivity index (χ1v) is 14.4. The van der Waals surface area contributed by atoms with E-state index >= 15 is 0 Å². The number of nitrogens with zero attached hydrogens (tertiary/aromatic N) is 5. The van der Waals surface area contributed by atoms with E-state index in [2.05, 4.69) is 36.0 Å². The third kappa shape index (κ3) is 6.53. The lowest BCUT2D eigenvalue weighted by Gasteiger charge is -2.40. The number of fused-ring (bicyclic) bond motifs is 1. The molecule has 3 aromatic rings. The zero-order valence-electron chi connectivity index (χ0n) is 24.0. The Labute approximate surface area is 235 Å². The first-order valence-electron chi connectivity index (χ1n) is 14.4. The molecular formula is C31H41FN6O2. The molecule has 3 atom stereocenters. The summed E-state index contributed by atoms with van der Waals surface area (Å²) in [4.78, 5) is 25.2. The van der Waals surface area contributed by atoms with Gasteiger partial charge < -0.3 is 15.4 Å². The van der Waals surface area contributed by atoms with Crippen LogP contribution in [0.15, 0.2) is 58.6 Å². The highest BCUT2D eigenvalue weighted by Gasteiger charge is 2.33. The number of aliphatic imine (C=N–C) groups is 1. The summed E-state index contributed by atoms with van der Waals surface area (Å²) in [6.07, 6.45) is 5.53. The number of benzene rings is 2. The molecule has 1 unspecified atom stereocenters. The minimum atomic E-state index is -0.270. The van der Waals surface area contributed by atoms with Gasteiger partial charge in [-0.15, -0.1) is 0 Å². The molecule has 0 amide bonds. The molecule has 2 aliphatic rings. The normalized spacial score (nSPS) is 23.9. The summed E-state index contributed by atoms with van der Waals surface area (Å²) in [5.74, 6) is 1.01. The third-order valence-corrected chi connectivity index (χ3v) is 8.46. The fourth-order valence-corrected chi connectivity index (χ4v) is 6.04. The first kappa shape index (κ1) is 28.2. The van der Waals surface area contributed by atoms with Gasteiger partial charge in [0, 0.05) is 37.9 Å². The molecule has 0 radical (unpaired) electrons. The van der Waals surface area contributed by atoms with Crippen molar-refractivity contribution in [1.82, 2.24) is 19.5 Å². The minimum Gasteiger partial charge on any atom is -0.340 e. The van der Waals surface area contributed by atoms with Gasteiger partial charge in [0.1, 0.15) is 5.82 Å². The van der Waals surface area contributed by atoms with Crippen LogP contribution in [0.2, 0.25) is 0 Å². The zero-order chi connectivity index (χ0) is 28.4. The Morgan fingerprint density at radius 1 is 1.18 bits per heavy atom. The summed E-state index contributed by atoms with van der Waals surface area (Å²) < 4.78 is 14.8. The van der Waals surface area contributed by atoms with E-state index in [1.807, 2.05) is 25.1 Å². The van der Waals surface area contributed by atoms with Crippen LogP contribution in [0.5, 0.6) is 0 Å². The summed E-state index contributed by atoms with van der Waals surface area (Å²) in [7, 11) is 0. The standard InChI is InChI=1S/C31H41FN6O2/c1-21-18-31(3,4)13-11-27(21)35-30(36-15-16-38(40)22(2)19-36)34-25-9-10-26-28(17-25)33-20-37(29(26)39)14-12-23-5-7-24(32)8-6-23/h5-10,17,20-22,27,40H,11-16,18-19H2,1-4H3,(H,34,35)/t21-,22-,27?/m0/s1. The molecule has 1 aliphatic heterocycles. The number of hydrogen-bond acceptors (Lipinski definition) is 5. The summed E-state index contributed by atoms with van der Waals surface area (Å²) in [6, 6.07) is 12.2. The fourth-order valence-electron chi connectivity index (χ4n) is 6.04. The highest BCUT2D eigenvalue weighted by Crippen LogP contribution is 2.40. The molecule has 1 saturated carbocycles. The van der Waals surface area contributed by atoms with Gasteiger partial charge in [-0.3, -0.25) is 9.36 Å². The van der Waals surface area contributed by atoms with Crippen LogP contribution in [0.4, 0.5) is 10.1 Å². The van der Waals surface area contributed by atoms with Crippen molar-refractivity contribution in [2.75, 3.05) is 25.0 Å². The van der Waals surface area contributed by atoms with E-state index in [0.717, 1.165) is 36.5 Å². The van der Waals surface area contributed by atoms with Crippen LogP contribution < -0.4 is 10.9 Å². The van der Waals surface area contributed by atoms with Gasteiger partial charge in [0.05, 0.1) is 23.3 Å². The molecule has 5 rings (SSSR count). The number of guanidine groups is 1. The quantitative estimate of drug-likeness (QED) is 0.339. The van der Waals surface area contributed by atoms with Crippen molar-refractivity contribution >= 4 is 22.5 Å². The maximum Gasteiger partial charge on any atom is 0.261 e. The number of aryl methyl sites for hydroxylation is 2. The lowest BCUT2D eigenvalue weighted by molar-refractivity contribution is -0.142. The van der Waals surface area contributed by atoms with Gasteiger partial charge in [-0.25, -0.2) is 14.4 Å². The lowest BCUT2D eigenvalue weighted by Crippen LogP contribution is -2.54. The molecule has 214 valence electrons. The Morgan fingerprint density at radius 2 is 1.95 bits per heavy atom. The van der Waals surface area contributed by atoms with Crippen LogP contribution in [-0.4, -0.2) is 62.4 Å². The molecule has 1 saturated heterocycles. The molecule has 2 heterocycles. The highest BCUT2D eigenvalue weighted by molar-refractivity contribution is 5.96. The van der Waals surface area contributed by atoms with Crippen molar-refractivity contribution in [3.05, 3.63) is 70.5 Å². The average Bonchev–Trinajstić information content (AvgIpc) is 2.91. The van der Waals surface area contributed by atoms with Crippen molar-refractivity contribution in [1.29, 1.82) is 0 Å². The number of hydroxylamine groups is 2. The van der Waals surface area contributed by atoms with Crippen LogP contribution in [0.1, 0.15) is 52.5 Å². The van der Waals surface area contributed by atoms with Gasteiger partial charge in [0.25, 0.3) is 5.56 Å². The van der Waals surface area contributed by atoms with Crippen LogP contribution in [-0.2, 0) is 13.0 Å². The van der Waals surface area contributed by atoms with Crippen molar-refractivity contribution in [3.8, 4) is 0 Å². The fraction of sp³-hybridized carbons (Fsp3) is 0.516. The van der Waals surface area contributed by atoms with E-state index in [1.54, 1.807) is 23.0 Å². The maximum absolute atomic E-state index is 13.2. The number of halogens is 1. The number of aromatic nitrogens is 2. The summed E-state index contributed by atoms with van der Waals surface area (Å²) in [5, 5.41) is 15.6. The highest BCUT2D eigenvalue weighted by atomic mass is 19.1.